The fourth-order valence-corrected chi connectivity index (χ4v) is 3.27. The van der Waals surface area contributed by atoms with E-state index in [0.29, 0.717) is 10.8 Å². The van der Waals surface area contributed by atoms with Gasteiger partial charge in [-0.3, -0.25) is 9.59 Å². The van der Waals surface area contributed by atoms with Gasteiger partial charge in [-0.05, 0) is 37.5 Å². The van der Waals surface area contributed by atoms with Gasteiger partial charge in [-0.2, -0.15) is 0 Å². The maximum atomic E-state index is 11.9. The van der Waals surface area contributed by atoms with E-state index in [2.05, 4.69) is 22.4 Å². The van der Waals surface area contributed by atoms with Gasteiger partial charge in [-0.1, -0.05) is 54.2 Å². The summed E-state index contributed by atoms with van der Waals surface area (Å²) < 4.78 is 10.5. The van der Waals surface area contributed by atoms with Crippen LogP contribution in [0.5, 0.6) is 0 Å². The number of benzene rings is 2. The summed E-state index contributed by atoms with van der Waals surface area (Å²) in [5, 5.41) is 3.24. The van der Waals surface area contributed by atoms with Crippen LogP contribution in [0, 0.1) is 0 Å². The lowest BCUT2D eigenvalue weighted by molar-refractivity contribution is -0.146. The van der Waals surface area contributed by atoms with Crippen LogP contribution in [-0.2, 0) is 20.7 Å². The zero-order chi connectivity index (χ0) is 19.8. The number of esters is 1. The van der Waals surface area contributed by atoms with Crippen molar-refractivity contribution in [2.75, 3.05) is 12.4 Å². The molecule has 0 unspecified atom stereocenters. The number of aryl methyl sites for hydroxylation is 1. The summed E-state index contributed by atoms with van der Waals surface area (Å²) in [5.41, 5.74) is 2.63. The number of ether oxygens (including phenoxy) is 1. The summed E-state index contributed by atoms with van der Waals surface area (Å²) in [6.45, 7) is 1.65. The van der Waals surface area contributed by atoms with E-state index in [1.807, 2.05) is 49.4 Å². The predicted octanol–water partition coefficient (Wildman–Crippen LogP) is 3.60. The molecule has 2 aromatic carbocycles. The number of carbonyl (C=O) groups excluding carboxylic acids is 2. The number of oxazole rings is 1. The standard InChI is InChI=1S/C21H22N2O4S/c1-15(11-12-16-7-3-2-4-8-16)22-19(24)13-26-20(25)14-28-21-23-17-9-5-6-10-18(17)27-21/h2-10,15H,11-14H2,1H3,(H,22,24)/t15-/m0/s1. The summed E-state index contributed by atoms with van der Waals surface area (Å²) in [6.07, 6.45) is 1.69. The highest BCUT2D eigenvalue weighted by atomic mass is 32.2. The molecule has 3 rings (SSSR count). The number of fused-ring (bicyclic) bond motifs is 1. The van der Waals surface area contributed by atoms with E-state index in [-0.39, 0.29) is 24.3 Å². The summed E-state index contributed by atoms with van der Waals surface area (Å²) >= 11 is 1.14. The Labute approximate surface area is 167 Å². The van der Waals surface area contributed by atoms with E-state index >= 15 is 0 Å². The Kier molecular flexibility index (Phi) is 7.08. The Morgan fingerprint density at radius 3 is 2.68 bits per heavy atom. The number of hydrogen-bond donors (Lipinski definition) is 1. The van der Waals surface area contributed by atoms with Gasteiger partial charge in [-0.25, -0.2) is 4.98 Å². The van der Waals surface area contributed by atoms with Gasteiger partial charge in [0.05, 0.1) is 0 Å². The van der Waals surface area contributed by atoms with Gasteiger partial charge in [0.2, 0.25) is 0 Å². The van der Waals surface area contributed by atoms with E-state index in [0.717, 1.165) is 30.1 Å². The van der Waals surface area contributed by atoms with Crippen molar-refractivity contribution in [1.82, 2.24) is 10.3 Å². The van der Waals surface area contributed by atoms with Gasteiger partial charge >= 0.3 is 5.97 Å². The first-order chi connectivity index (χ1) is 13.6. The average molecular weight is 398 g/mol. The van der Waals surface area contributed by atoms with Crippen molar-refractivity contribution in [3.63, 3.8) is 0 Å². The van der Waals surface area contributed by atoms with E-state index < -0.39 is 5.97 Å². The van der Waals surface area contributed by atoms with Gasteiger partial charge in [0.1, 0.15) is 11.3 Å². The monoisotopic (exact) mass is 398 g/mol. The zero-order valence-electron chi connectivity index (χ0n) is 15.6. The van der Waals surface area contributed by atoms with Crippen molar-refractivity contribution < 1.29 is 18.7 Å². The average Bonchev–Trinajstić information content (AvgIpc) is 3.13. The molecule has 0 bridgehead atoms. The molecule has 1 aromatic heterocycles. The molecule has 1 amide bonds. The first kappa shape index (κ1) is 19.9. The first-order valence-corrected chi connectivity index (χ1v) is 10.1. The SMILES string of the molecule is C[C@@H](CCc1ccccc1)NC(=O)COC(=O)CSc1nc2ccccc2o1. The van der Waals surface area contributed by atoms with Crippen molar-refractivity contribution in [2.45, 2.75) is 31.0 Å². The summed E-state index contributed by atoms with van der Waals surface area (Å²) in [6, 6.07) is 17.5. The molecular formula is C21H22N2O4S. The molecule has 0 radical (unpaired) electrons. The van der Waals surface area contributed by atoms with Gasteiger partial charge in [0.25, 0.3) is 11.1 Å². The molecule has 6 nitrogen and oxygen atoms in total. The predicted molar refractivity (Wildman–Crippen MR) is 108 cm³/mol. The highest BCUT2D eigenvalue weighted by molar-refractivity contribution is 7.99. The van der Waals surface area contributed by atoms with Crippen molar-refractivity contribution in [1.29, 1.82) is 0 Å². The first-order valence-electron chi connectivity index (χ1n) is 9.07. The molecule has 0 saturated carbocycles. The van der Waals surface area contributed by atoms with Crippen LogP contribution in [-0.4, -0.2) is 35.3 Å². The third-order valence-corrected chi connectivity index (χ3v) is 4.87. The second-order valence-corrected chi connectivity index (χ2v) is 7.32. The van der Waals surface area contributed by atoms with Gasteiger partial charge in [0.15, 0.2) is 12.2 Å². The topological polar surface area (TPSA) is 81.4 Å². The minimum Gasteiger partial charge on any atom is -0.455 e. The second-order valence-electron chi connectivity index (χ2n) is 6.39. The number of amides is 1. The molecule has 0 aliphatic heterocycles. The Balaban J connectivity index is 1.33. The zero-order valence-corrected chi connectivity index (χ0v) is 16.4. The lowest BCUT2D eigenvalue weighted by Crippen LogP contribution is -2.36. The molecule has 1 N–H and O–H groups in total. The van der Waals surface area contributed by atoms with Crippen molar-refractivity contribution >= 4 is 34.7 Å². The number of rotatable bonds is 9. The molecular weight excluding hydrogens is 376 g/mol. The fourth-order valence-electron chi connectivity index (χ4n) is 2.64. The Morgan fingerprint density at radius 2 is 1.89 bits per heavy atom. The number of para-hydroxylation sites is 2. The number of aromatic nitrogens is 1. The van der Waals surface area contributed by atoms with E-state index in [1.165, 1.54) is 5.56 Å². The molecule has 0 aliphatic carbocycles. The lowest BCUT2D eigenvalue weighted by Gasteiger charge is -2.14. The minimum absolute atomic E-state index is 0.000492. The Bertz CT molecular complexity index is 893. The molecule has 0 saturated heterocycles. The Morgan fingerprint density at radius 1 is 1.14 bits per heavy atom. The van der Waals surface area contributed by atoms with Crippen LogP contribution in [0.1, 0.15) is 18.9 Å². The normalized spacial score (nSPS) is 11.9. The van der Waals surface area contributed by atoms with Crippen LogP contribution >= 0.6 is 11.8 Å². The van der Waals surface area contributed by atoms with Crippen molar-refractivity contribution in [3.8, 4) is 0 Å². The molecule has 146 valence electrons. The number of carbonyl (C=O) groups is 2. The summed E-state index contributed by atoms with van der Waals surface area (Å²) in [4.78, 5) is 28.0. The van der Waals surface area contributed by atoms with E-state index in [9.17, 15) is 9.59 Å². The molecule has 3 aromatic rings. The second kappa shape index (κ2) is 9.94. The van der Waals surface area contributed by atoms with Gasteiger partial charge < -0.3 is 14.5 Å². The minimum atomic E-state index is -0.487. The van der Waals surface area contributed by atoms with Crippen LogP contribution < -0.4 is 5.32 Å². The number of hydrogen-bond acceptors (Lipinski definition) is 6. The summed E-state index contributed by atoms with van der Waals surface area (Å²) in [5.74, 6) is -0.760. The van der Waals surface area contributed by atoms with Crippen LogP contribution in [0.15, 0.2) is 64.2 Å². The van der Waals surface area contributed by atoms with Crippen LogP contribution in [0.3, 0.4) is 0 Å². The third kappa shape index (κ3) is 6.13. The fraction of sp³-hybridized carbons (Fsp3) is 0.286. The molecule has 1 heterocycles. The van der Waals surface area contributed by atoms with Crippen molar-refractivity contribution in [3.05, 3.63) is 60.2 Å². The van der Waals surface area contributed by atoms with Gasteiger partial charge in [0, 0.05) is 6.04 Å². The largest absolute Gasteiger partial charge is 0.455 e. The lowest BCUT2D eigenvalue weighted by atomic mass is 10.1. The van der Waals surface area contributed by atoms with Crippen molar-refractivity contribution in [2.24, 2.45) is 0 Å². The molecule has 0 spiro atoms. The van der Waals surface area contributed by atoms with E-state index in [1.54, 1.807) is 0 Å². The molecule has 28 heavy (non-hydrogen) atoms. The van der Waals surface area contributed by atoms with Crippen LogP contribution in [0.2, 0.25) is 0 Å². The quantitative estimate of drug-likeness (QED) is 0.438. The summed E-state index contributed by atoms with van der Waals surface area (Å²) in [7, 11) is 0. The van der Waals surface area contributed by atoms with Crippen LogP contribution in [0.25, 0.3) is 11.1 Å². The Hall–Kier alpha value is -2.80. The number of nitrogens with one attached hydrogen (secondary N) is 1. The third-order valence-electron chi connectivity index (χ3n) is 4.07. The highest BCUT2D eigenvalue weighted by Gasteiger charge is 2.13. The molecule has 0 aliphatic rings. The smallest absolute Gasteiger partial charge is 0.316 e. The maximum Gasteiger partial charge on any atom is 0.316 e. The number of thioether (sulfide) groups is 1. The van der Waals surface area contributed by atoms with Crippen LogP contribution in [0.4, 0.5) is 0 Å². The molecule has 1 atom stereocenters. The molecule has 0 fully saturated rings. The maximum absolute atomic E-state index is 11.9. The van der Waals surface area contributed by atoms with Gasteiger partial charge in [-0.15, -0.1) is 0 Å². The highest BCUT2D eigenvalue weighted by Crippen LogP contribution is 2.23. The molecule has 7 heteroatoms. The van der Waals surface area contributed by atoms with E-state index in [4.69, 9.17) is 9.15 Å². The number of nitrogens with zero attached hydrogens (tertiary/aromatic N) is 1.